The molecule has 0 spiro atoms. The van der Waals surface area contributed by atoms with Gasteiger partial charge in [-0.3, -0.25) is 16.3 Å². The summed E-state index contributed by atoms with van der Waals surface area (Å²) in [4.78, 5) is 4.12. The van der Waals surface area contributed by atoms with E-state index in [1.807, 2.05) is 12.3 Å². The van der Waals surface area contributed by atoms with Crippen molar-refractivity contribution >= 4 is 0 Å². The monoisotopic (exact) mass is 205 g/mol. The molecule has 1 unspecified atom stereocenters. The maximum absolute atomic E-state index is 5.56. The third kappa shape index (κ3) is 3.15. The van der Waals surface area contributed by atoms with Gasteiger partial charge in [0.1, 0.15) is 0 Å². The second kappa shape index (κ2) is 5.63. The van der Waals surface area contributed by atoms with E-state index in [1.54, 1.807) is 6.20 Å². The first-order valence-corrected chi connectivity index (χ1v) is 5.22. The van der Waals surface area contributed by atoms with Gasteiger partial charge in [0.2, 0.25) is 0 Å². The van der Waals surface area contributed by atoms with Crippen LogP contribution in [0.15, 0.2) is 30.6 Å². The van der Waals surface area contributed by atoms with Crippen LogP contribution in [0.2, 0.25) is 0 Å². The van der Waals surface area contributed by atoms with Crippen molar-refractivity contribution in [1.29, 1.82) is 0 Å². The molecule has 0 radical (unpaired) electrons. The molecule has 0 amide bonds. The first kappa shape index (κ1) is 11.9. The van der Waals surface area contributed by atoms with E-state index in [0.29, 0.717) is 0 Å². The lowest BCUT2D eigenvalue weighted by Gasteiger charge is -2.18. The Bertz CT molecular complexity index is 333. The fraction of sp³-hybridized carbons (Fsp3) is 0.417. The molecule has 0 aliphatic carbocycles. The summed E-state index contributed by atoms with van der Waals surface area (Å²) in [6.45, 7) is 8.17. The third-order valence-corrected chi connectivity index (χ3v) is 2.65. The van der Waals surface area contributed by atoms with Gasteiger partial charge in [0, 0.05) is 12.4 Å². The highest BCUT2D eigenvalue weighted by atomic mass is 15.2. The minimum atomic E-state index is 0.117. The molecule has 0 fully saturated rings. The summed E-state index contributed by atoms with van der Waals surface area (Å²) in [5, 5.41) is 0. The molecule has 3 nitrogen and oxygen atoms in total. The average Bonchev–Trinajstić information content (AvgIpc) is 2.26. The Kier molecular flexibility index (Phi) is 4.46. The van der Waals surface area contributed by atoms with Crippen molar-refractivity contribution in [1.82, 2.24) is 10.4 Å². The van der Waals surface area contributed by atoms with Crippen LogP contribution in [0.4, 0.5) is 0 Å². The summed E-state index contributed by atoms with van der Waals surface area (Å²) in [7, 11) is 0. The van der Waals surface area contributed by atoms with Gasteiger partial charge in [-0.15, -0.1) is 0 Å². The van der Waals surface area contributed by atoms with Crippen LogP contribution in [-0.4, -0.2) is 4.98 Å². The minimum absolute atomic E-state index is 0.117. The van der Waals surface area contributed by atoms with Crippen molar-refractivity contribution in [2.75, 3.05) is 0 Å². The van der Waals surface area contributed by atoms with E-state index in [4.69, 9.17) is 5.84 Å². The van der Waals surface area contributed by atoms with Crippen LogP contribution in [0.3, 0.4) is 0 Å². The van der Waals surface area contributed by atoms with Gasteiger partial charge in [0.15, 0.2) is 0 Å². The highest BCUT2D eigenvalue weighted by Crippen LogP contribution is 2.22. The number of pyridine rings is 1. The fourth-order valence-corrected chi connectivity index (χ4v) is 1.53. The van der Waals surface area contributed by atoms with Gasteiger partial charge in [0.05, 0.1) is 6.04 Å². The molecule has 0 bridgehead atoms. The number of hydrazine groups is 1. The second-order valence-electron chi connectivity index (χ2n) is 3.76. The zero-order valence-electron chi connectivity index (χ0n) is 9.46. The van der Waals surface area contributed by atoms with Crippen LogP contribution in [0, 0.1) is 6.92 Å². The third-order valence-electron chi connectivity index (χ3n) is 2.65. The van der Waals surface area contributed by atoms with Crippen molar-refractivity contribution in [3.8, 4) is 0 Å². The molecule has 0 aliphatic rings. The van der Waals surface area contributed by atoms with E-state index in [0.717, 1.165) is 18.4 Å². The number of nitrogens with one attached hydrogen (secondary N) is 1. The van der Waals surface area contributed by atoms with Crippen LogP contribution in [0.5, 0.6) is 0 Å². The Morgan fingerprint density at radius 1 is 1.67 bits per heavy atom. The Labute approximate surface area is 91.4 Å². The molecule has 1 atom stereocenters. The maximum atomic E-state index is 5.56. The van der Waals surface area contributed by atoms with E-state index in [2.05, 4.69) is 30.8 Å². The topological polar surface area (TPSA) is 50.9 Å². The van der Waals surface area contributed by atoms with Crippen LogP contribution >= 0.6 is 0 Å². The van der Waals surface area contributed by atoms with Gasteiger partial charge in [-0.25, -0.2) is 0 Å². The molecule has 1 aromatic rings. The van der Waals surface area contributed by atoms with Gasteiger partial charge in [-0.1, -0.05) is 19.1 Å². The number of aromatic nitrogens is 1. The summed E-state index contributed by atoms with van der Waals surface area (Å²) < 4.78 is 0. The normalized spacial score (nSPS) is 12.5. The van der Waals surface area contributed by atoms with Crippen LogP contribution in [0.25, 0.3) is 0 Å². The van der Waals surface area contributed by atoms with Crippen molar-refractivity contribution in [3.63, 3.8) is 0 Å². The van der Waals surface area contributed by atoms with E-state index in [1.165, 1.54) is 11.1 Å². The number of hydrogen-bond donors (Lipinski definition) is 2. The molecule has 1 aromatic heterocycles. The number of rotatable bonds is 5. The van der Waals surface area contributed by atoms with E-state index < -0.39 is 0 Å². The molecule has 0 aliphatic heterocycles. The zero-order valence-corrected chi connectivity index (χ0v) is 9.46. The van der Waals surface area contributed by atoms with Crippen LogP contribution in [-0.2, 0) is 0 Å². The zero-order chi connectivity index (χ0) is 11.3. The number of hydrogen-bond acceptors (Lipinski definition) is 3. The fourth-order valence-electron chi connectivity index (χ4n) is 1.53. The molecule has 1 heterocycles. The molecule has 0 saturated heterocycles. The first-order chi connectivity index (χ1) is 7.19. The molecule has 82 valence electrons. The highest BCUT2D eigenvalue weighted by molar-refractivity contribution is 5.26. The Morgan fingerprint density at radius 3 is 2.93 bits per heavy atom. The van der Waals surface area contributed by atoms with Crippen molar-refractivity contribution in [2.24, 2.45) is 5.84 Å². The number of aryl methyl sites for hydroxylation is 1. The maximum Gasteiger partial charge on any atom is 0.0514 e. The van der Waals surface area contributed by atoms with Gasteiger partial charge >= 0.3 is 0 Å². The molecule has 3 heteroatoms. The molecular formula is C12H19N3. The van der Waals surface area contributed by atoms with Gasteiger partial charge < -0.3 is 0 Å². The molecule has 1 rings (SSSR count). The van der Waals surface area contributed by atoms with Crippen molar-refractivity contribution < 1.29 is 0 Å². The lowest BCUT2D eigenvalue weighted by molar-refractivity contribution is 0.540. The summed E-state index contributed by atoms with van der Waals surface area (Å²) in [6, 6.07) is 2.11. The van der Waals surface area contributed by atoms with Gasteiger partial charge in [-0.2, -0.15) is 0 Å². The van der Waals surface area contributed by atoms with Crippen LogP contribution < -0.4 is 11.3 Å². The predicted octanol–water partition coefficient (Wildman–Crippen LogP) is 2.25. The number of nitrogens with two attached hydrogens (primary N) is 1. The molecule has 0 saturated carbocycles. The minimum Gasteiger partial charge on any atom is -0.271 e. The second-order valence-corrected chi connectivity index (χ2v) is 3.76. The average molecular weight is 205 g/mol. The highest BCUT2D eigenvalue weighted by Gasteiger charge is 2.12. The van der Waals surface area contributed by atoms with E-state index in [9.17, 15) is 0 Å². The van der Waals surface area contributed by atoms with Crippen LogP contribution in [0.1, 0.15) is 36.9 Å². The molecule has 15 heavy (non-hydrogen) atoms. The summed E-state index contributed by atoms with van der Waals surface area (Å²) in [6.07, 6.45) is 5.50. The van der Waals surface area contributed by atoms with E-state index >= 15 is 0 Å². The summed E-state index contributed by atoms with van der Waals surface area (Å²) >= 11 is 0. The standard InChI is InChI=1S/C12H19N3/c1-4-9(2)7-12(15-13)11-8-14-6-5-10(11)3/h5-6,8,12,15H,2,4,7,13H2,1,3H3. The Hall–Kier alpha value is -1.19. The Balaban J connectivity index is 2.83. The van der Waals surface area contributed by atoms with E-state index in [-0.39, 0.29) is 6.04 Å². The molecule has 0 aromatic carbocycles. The van der Waals surface area contributed by atoms with Gasteiger partial charge in [0.25, 0.3) is 0 Å². The lowest BCUT2D eigenvalue weighted by atomic mass is 9.97. The summed E-state index contributed by atoms with van der Waals surface area (Å²) in [5.74, 6) is 5.56. The Morgan fingerprint density at radius 2 is 2.40 bits per heavy atom. The first-order valence-electron chi connectivity index (χ1n) is 5.22. The van der Waals surface area contributed by atoms with Crippen molar-refractivity contribution in [3.05, 3.63) is 41.7 Å². The number of nitrogens with zero attached hydrogens (tertiary/aromatic N) is 1. The lowest BCUT2D eigenvalue weighted by Crippen LogP contribution is -2.28. The van der Waals surface area contributed by atoms with Gasteiger partial charge in [-0.05, 0) is 37.0 Å². The predicted molar refractivity (Wildman–Crippen MR) is 63.1 cm³/mol. The smallest absolute Gasteiger partial charge is 0.0514 e. The molecular weight excluding hydrogens is 186 g/mol. The summed E-state index contributed by atoms with van der Waals surface area (Å²) in [5.41, 5.74) is 6.37. The SMILES string of the molecule is C=C(CC)CC(NN)c1cnccc1C. The molecule has 3 N–H and O–H groups in total. The quantitative estimate of drug-likeness (QED) is 0.440. The largest absolute Gasteiger partial charge is 0.271 e. The van der Waals surface area contributed by atoms with Crippen molar-refractivity contribution in [2.45, 2.75) is 32.7 Å².